The van der Waals surface area contributed by atoms with Gasteiger partial charge in [-0.1, -0.05) is 41.7 Å². The maximum atomic E-state index is 13.1. The van der Waals surface area contributed by atoms with Gasteiger partial charge in [0.05, 0.1) is 28.2 Å². The third kappa shape index (κ3) is 4.40. The normalized spacial score (nSPS) is 10.9. The number of benzene rings is 2. The predicted octanol–water partition coefficient (Wildman–Crippen LogP) is 5.33. The maximum Gasteiger partial charge on any atom is 0.239 e. The Hall–Kier alpha value is -2.70. The van der Waals surface area contributed by atoms with Crippen LogP contribution < -0.4 is 4.90 Å². The standard InChI is InChI=1S/C22H19N3OS2/c1-16-10-11-19-20(13-16)28-22(24-19)25(14-17-7-5-6-12-23-17)21(26)15-27-18-8-3-2-4-9-18/h2-13H,14-15H2,1H3. The van der Waals surface area contributed by atoms with Crippen LogP contribution in [-0.2, 0) is 11.3 Å². The molecule has 0 aliphatic heterocycles. The number of nitrogens with zero attached hydrogens (tertiary/aromatic N) is 3. The first-order valence-electron chi connectivity index (χ1n) is 8.94. The number of hydrogen-bond donors (Lipinski definition) is 0. The summed E-state index contributed by atoms with van der Waals surface area (Å²) in [6, 6.07) is 21.9. The molecule has 28 heavy (non-hydrogen) atoms. The zero-order valence-corrected chi connectivity index (χ0v) is 17.0. The zero-order valence-electron chi connectivity index (χ0n) is 15.4. The van der Waals surface area contributed by atoms with E-state index in [1.54, 1.807) is 22.4 Å². The number of aryl methyl sites for hydroxylation is 1. The van der Waals surface area contributed by atoms with Crippen molar-refractivity contribution in [3.63, 3.8) is 0 Å². The number of aromatic nitrogens is 2. The van der Waals surface area contributed by atoms with Crippen LogP contribution in [0.3, 0.4) is 0 Å². The minimum Gasteiger partial charge on any atom is -0.281 e. The second-order valence-corrected chi connectivity index (χ2v) is 8.43. The molecule has 0 bridgehead atoms. The number of anilines is 1. The van der Waals surface area contributed by atoms with Crippen LogP contribution in [0.25, 0.3) is 10.2 Å². The Balaban J connectivity index is 1.61. The van der Waals surface area contributed by atoms with E-state index in [4.69, 9.17) is 4.98 Å². The van der Waals surface area contributed by atoms with Crippen molar-refractivity contribution in [2.75, 3.05) is 10.7 Å². The maximum absolute atomic E-state index is 13.1. The average Bonchev–Trinajstić information content (AvgIpc) is 3.14. The van der Waals surface area contributed by atoms with Gasteiger partial charge in [-0.2, -0.15) is 0 Å². The van der Waals surface area contributed by atoms with E-state index in [9.17, 15) is 4.79 Å². The van der Waals surface area contributed by atoms with Crippen LogP contribution in [0.15, 0.2) is 77.8 Å². The van der Waals surface area contributed by atoms with Gasteiger partial charge in [-0.05, 0) is 48.9 Å². The number of fused-ring (bicyclic) bond motifs is 1. The molecule has 2 aromatic heterocycles. The minimum absolute atomic E-state index is 0.0234. The summed E-state index contributed by atoms with van der Waals surface area (Å²) in [5.41, 5.74) is 2.95. The average molecular weight is 406 g/mol. The fourth-order valence-corrected chi connectivity index (χ4v) is 4.67. The van der Waals surface area contributed by atoms with Crippen molar-refractivity contribution < 1.29 is 4.79 Å². The van der Waals surface area contributed by atoms with E-state index in [1.165, 1.54) is 17.3 Å². The third-order valence-corrected chi connectivity index (χ3v) is 6.25. The zero-order chi connectivity index (χ0) is 19.3. The van der Waals surface area contributed by atoms with Crippen LogP contribution in [-0.4, -0.2) is 21.6 Å². The molecule has 4 aromatic rings. The van der Waals surface area contributed by atoms with Gasteiger partial charge in [0.15, 0.2) is 5.13 Å². The minimum atomic E-state index is 0.0234. The molecule has 0 atom stereocenters. The van der Waals surface area contributed by atoms with Crippen molar-refractivity contribution in [2.45, 2.75) is 18.4 Å². The van der Waals surface area contributed by atoms with Gasteiger partial charge in [0, 0.05) is 11.1 Å². The van der Waals surface area contributed by atoms with E-state index in [2.05, 4.69) is 18.0 Å². The molecule has 0 aliphatic rings. The molecule has 4 rings (SSSR count). The van der Waals surface area contributed by atoms with E-state index in [1.807, 2.05) is 60.7 Å². The summed E-state index contributed by atoms with van der Waals surface area (Å²) in [6.07, 6.45) is 1.75. The first-order chi connectivity index (χ1) is 13.7. The summed E-state index contributed by atoms with van der Waals surface area (Å²) < 4.78 is 1.09. The molecule has 0 fully saturated rings. The SMILES string of the molecule is Cc1ccc2nc(N(Cc3ccccn3)C(=O)CSc3ccccc3)sc2c1. The van der Waals surface area contributed by atoms with Gasteiger partial charge in [0.2, 0.25) is 5.91 Å². The number of pyridine rings is 1. The Kier molecular flexibility index (Phi) is 5.69. The number of rotatable bonds is 6. The second kappa shape index (κ2) is 8.54. The van der Waals surface area contributed by atoms with Crippen molar-refractivity contribution in [3.8, 4) is 0 Å². The van der Waals surface area contributed by atoms with E-state index < -0.39 is 0 Å². The second-order valence-electron chi connectivity index (χ2n) is 6.37. The molecule has 2 aromatic carbocycles. The number of hydrogen-bond acceptors (Lipinski definition) is 5. The van der Waals surface area contributed by atoms with Gasteiger partial charge in [0.25, 0.3) is 0 Å². The Morgan fingerprint density at radius 1 is 1.07 bits per heavy atom. The number of thioether (sulfide) groups is 1. The summed E-state index contributed by atoms with van der Waals surface area (Å²) in [7, 11) is 0. The van der Waals surface area contributed by atoms with Gasteiger partial charge < -0.3 is 0 Å². The number of amides is 1. The lowest BCUT2D eigenvalue weighted by Crippen LogP contribution is -2.32. The number of thiazole rings is 1. The molecule has 0 saturated carbocycles. The molecule has 6 heteroatoms. The number of carbonyl (C=O) groups is 1. The first-order valence-corrected chi connectivity index (χ1v) is 10.7. The molecule has 4 nitrogen and oxygen atoms in total. The Bertz CT molecular complexity index is 1080. The molecule has 2 heterocycles. The molecule has 0 saturated heterocycles. The van der Waals surface area contributed by atoms with Crippen LogP contribution in [0.1, 0.15) is 11.3 Å². The highest BCUT2D eigenvalue weighted by Crippen LogP contribution is 2.31. The third-order valence-electron chi connectivity index (χ3n) is 4.22. The summed E-state index contributed by atoms with van der Waals surface area (Å²) in [6.45, 7) is 2.47. The van der Waals surface area contributed by atoms with Crippen molar-refractivity contribution in [1.29, 1.82) is 0 Å². The Labute approximate surface area is 172 Å². The summed E-state index contributed by atoms with van der Waals surface area (Å²) in [5, 5.41) is 0.713. The lowest BCUT2D eigenvalue weighted by molar-refractivity contribution is -0.116. The molecule has 0 unspecified atom stereocenters. The van der Waals surface area contributed by atoms with E-state index in [0.29, 0.717) is 17.4 Å². The highest BCUT2D eigenvalue weighted by Gasteiger charge is 2.21. The molecule has 1 amide bonds. The molecule has 0 radical (unpaired) electrons. The van der Waals surface area contributed by atoms with Crippen LogP contribution in [0, 0.1) is 6.92 Å². The highest BCUT2D eigenvalue weighted by atomic mass is 32.2. The summed E-state index contributed by atoms with van der Waals surface area (Å²) in [5.74, 6) is 0.376. The Morgan fingerprint density at radius 2 is 1.89 bits per heavy atom. The first kappa shape index (κ1) is 18.7. The van der Waals surface area contributed by atoms with Crippen molar-refractivity contribution >= 4 is 44.4 Å². The predicted molar refractivity (Wildman–Crippen MR) is 117 cm³/mol. The van der Waals surface area contributed by atoms with Crippen LogP contribution >= 0.6 is 23.1 Å². The summed E-state index contributed by atoms with van der Waals surface area (Å²) in [4.78, 5) is 25.0. The largest absolute Gasteiger partial charge is 0.281 e. The fraction of sp³-hybridized carbons (Fsp3) is 0.136. The molecular weight excluding hydrogens is 386 g/mol. The van der Waals surface area contributed by atoms with Crippen LogP contribution in [0.5, 0.6) is 0 Å². The molecule has 0 spiro atoms. The molecule has 0 N–H and O–H groups in total. The van der Waals surface area contributed by atoms with Gasteiger partial charge in [0.1, 0.15) is 0 Å². The van der Waals surface area contributed by atoms with Crippen molar-refractivity contribution in [1.82, 2.24) is 9.97 Å². The Morgan fingerprint density at radius 3 is 2.68 bits per heavy atom. The van der Waals surface area contributed by atoms with Gasteiger partial charge in [-0.3, -0.25) is 14.7 Å². The summed E-state index contributed by atoms with van der Waals surface area (Å²) >= 11 is 3.08. The van der Waals surface area contributed by atoms with Gasteiger partial charge in [-0.25, -0.2) is 4.98 Å². The van der Waals surface area contributed by atoms with Crippen molar-refractivity contribution in [2.24, 2.45) is 0 Å². The lowest BCUT2D eigenvalue weighted by Gasteiger charge is -2.19. The van der Waals surface area contributed by atoms with Gasteiger partial charge in [-0.15, -0.1) is 11.8 Å². The monoisotopic (exact) mass is 405 g/mol. The van der Waals surface area contributed by atoms with E-state index in [-0.39, 0.29) is 5.91 Å². The number of carbonyl (C=O) groups excluding carboxylic acids is 1. The fourth-order valence-electron chi connectivity index (χ4n) is 2.79. The quantitative estimate of drug-likeness (QED) is 0.407. The van der Waals surface area contributed by atoms with E-state index >= 15 is 0 Å². The van der Waals surface area contributed by atoms with E-state index in [0.717, 1.165) is 20.8 Å². The van der Waals surface area contributed by atoms with Crippen LogP contribution in [0.4, 0.5) is 5.13 Å². The molecule has 140 valence electrons. The lowest BCUT2D eigenvalue weighted by atomic mass is 10.2. The van der Waals surface area contributed by atoms with Crippen LogP contribution in [0.2, 0.25) is 0 Å². The molecule has 0 aliphatic carbocycles. The smallest absolute Gasteiger partial charge is 0.239 e. The highest BCUT2D eigenvalue weighted by molar-refractivity contribution is 8.00. The topological polar surface area (TPSA) is 46.1 Å². The molecular formula is C22H19N3OS2. The van der Waals surface area contributed by atoms with Crippen molar-refractivity contribution in [3.05, 3.63) is 84.2 Å². The van der Waals surface area contributed by atoms with Gasteiger partial charge >= 0.3 is 0 Å².